The zero-order chi connectivity index (χ0) is 34.9. The van der Waals surface area contributed by atoms with Crippen molar-refractivity contribution in [3.63, 3.8) is 0 Å². The van der Waals surface area contributed by atoms with Crippen LogP contribution in [-0.2, 0) is 0 Å². The molecule has 0 radical (unpaired) electrons. The Hall–Kier alpha value is -7.22. The van der Waals surface area contributed by atoms with Crippen molar-refractivity contribution < 1.29 is 0 Å². The third-order valence-electron chi connectivity index (χ3n) is 9.58. The van der Waals surface area contributed by atoms with E-state index in [1.807, 2.05) is 78.9 Å². The summed E-state index contributed by atoms with van der Waals surface area (Å²) in [5.74, 6) is 1.94. The summed E-state index contributed by atoms with van der Waals surface area (Å²) in [6, 6.07) is 64.9. The van der Waals surface area contributed by atoms with Crippen LogP contribution in [0.2, 0.25) is 0 Å². The molecule has 0 spiro atoms. The van der Waals surface area contributed by atoms with E-state index in [4.69, 9.17) is 15.0 Å². The molecule has 0 aliphatic heterocycles. The molecule has 0 aliphatic rings. The van der Waals surface area contributed by atoms with Crippen molar-refractivity contribution in [3.8, 4) is 73.6 Å². The maximum Gasteiger partial charge on any atom is 0.164 e. The Balaban J connectivity index is 1.04. The summed E-state index contributed by atoms with van der Waals surface area (Å²) in [7, 11) is 0. The lowest BCUT2D eigenvalue weighted by molar-refractivity contribution is 1.07. The maximum absolute atomic E-state index is 9.26. The van der Waals surface area contributed by atoms with Gasteiger partial charge in [-0.15, -0.1) is 0 Å². The topological polar surface area (TPSA) is 62.5 Å². The van der Waals surface area contributed by atoms with E-state index in [1.54, 1.807) is 0 Å². The molecule has 52 heavy (non-hydrogen) atoms. The lowest BCUT2D eigenvalue weighted by Crippen LogP contribution is -2.00. The molecule has 0 N–H and O–H groups in total. The van der Waals surface area contributed by atoms with E-state index in [2.05, 4.69) is 109 Å². The SMILES string of the molecule is N#Cc1ccc2cc(-c3ccc(-c4ccc(-c5ccc(-c6nc(-c7ccccc7)nc(-c7ccccc7)n6)cc5)c5ccccc45)cc3)ccc2c1. The van der Waals surface area contributed by atoms with E-state index in [0.29, 0.717) is 23.0 Å². The largest absolute Gasteiger partial charge is 0.208 e. The molecule has 9 aromatic rings. The lowest BCUT2D eigenvalue weighted by Gasteiger charge is -2.13. The average Bonchev–Trinajstić information content (AvgIpc) is 3.23. The number of benzene rings is 8. The van der Waals surface area contributed by atoms with Crippen LogP contribution in [0.5, 0.6) is 0 Å². The van der Waals surface area contributed by atoms with E-state index in [9.17, 15) is 5.26 Å². The van der Waals surface area contributed by atoms with Gasteiger partial charge >= 0.3 is 0 Å². The Morgan fingerprint density at radius 3 is 1.25 bits per heavy atom. The molecule has 0 aliphatic carbocycles. The monoisotopic (exact) mass is 662 g/mol. The minimum Gasteiger partial charge on any atom is -0.208 e. The first-order chi connectivity index (χ1) is 25.7. The molecule has 4 heteroatoms. The van der Waals surface area contributed by atoms with Gasteiger partial charge in [-0.05, 0) is 73.1 Å². The maximum atomic E-state index is 9.26. The molecule has 0 bridgehead atoms. The summed E-state index contributed by atoms with van der Waals surface area (Å²) in [5, 5.41) is 13.8. The highest BCUT2D eigenvalue weighted by molar-refractivity contribution is 6.05. The van der Waals surface area contributed by atoms with Gasteiger partial charge in [-0.2, -0.15) is 5.26 Å². The fraction of sp³-hybridized carbons (Fsp3) is 0. The fourth-order valence-corrected chi connectivity index (χ4v) is 6.88. The average molecular weight is 663 g/mol. The molecular weight excluding hydrogens is 633 g/mol. The summed E-state index contributed by atoms with van der Waals surface area (Å²) >= 11 is 0. The minimum atomic E-state index is 0.639. The predicted molar refractivity (Wildman–Crippen MR) is 212 cm³/mol. The second-order valence-electron chi connectivity index (χ2n) is 12.8. The van der Waals surface area contributed by atoms with Crippen molar-refractivity contribution in [3.05, 3.63) is 188 Å². The van der Waals surface area contributed by atoms with Crippen LogP contribution in [0.25, 0.3) is 89.1 Å². The predicted octanol–water partition coefficient (Wildman–Crippen LogP) is 12.1. The van der Waals surface area contributed by atoms with E-state index in [0.717, 1.165) is 44.2 Å². The Bertz CT molecular complexity index is 2710. The summed E-state index contributed by atoms with van der Waals surface area (Å²) in [6.45, 7) is 0. The smallest absolute Gasteiger partial charge is 0.164 e. The van der Waals surface area contributed by atoms with Crippen LogP contribution in [0, 0.1) is 11.3 Å². The molecule has 0 saturated carbocycles. The van der Waals surface area contributed by atoms with Crippen LogP contribution >= 0.6 is 0 Å². The van der Waals surface area contributed by atoms with Gasteiger partial charge in [0.15, 0.2) is 17.5 Å². The van der Waals surface area contributed by atoms with Crippen molar-refractivity contribution in [1.29, 1.82) is 5.26 Å². The molecule has 0 amide bonds. The lowest BCUT2D eigenvalue weighted by atomic mass is 9.91. The van der Waals surface area contributed by atoms with Crippen LogP contribution in [0.1, 0.15) is 5.56 Å². The van der Waals surface area contributed by atoms with Gasteiger partial charge in [-0.1, -0.05) is 164 Å². The van der Waals surface area contributed by atoms with E-state index >= 15 is 0 Å². The summed E-state index contributed by atoms with van der Waals surface area (Å²) in [5.41, 5.74) is 10.5. The first-order valence-corrected chi connectivity index (χ1v) is 17.2. The molecule has 4 nitrogen and oxygen atoms in total. The Morgan fingerprint density at radius 1 is 0.327 bits per heavy atom. The van der Waals surface area contributed by atoms with Gasteiger partial charge < -0.3 is 0 Å². The standard InChI is InChI=1S/C48H30N4/c49-31-32-15-16-41-30-40(26-25-39(41)29-32)33-17-19-34(20-18-33)42-27-28-43(45-14-8-7-13-44(42)45)35-21-23-38(24-22-35)48-51-46(36-9-3-1-4-10-36)50-47(52-48)37-11-5-2-6-12-37/h1-30H. The highest BCUT2D eigenvalue weighted by atomic mass is 15.0. The molecule has 0 fully saturated rings. The van der Waals surface area contributed by atoms with Gasteiger partial charge in [0.05, 0.1) is 11.6 Å². The summed E-state index contributed by atoms with van der Waals surface area (Å²) < 4.78 is 0. The molecule has 242 valence electrons. The fourth-order valence-electron chi connectivity index (χ4n) is 6.88. The third kappa shape index (κ3) is 5.87. The number of fused-ring (bicyclic) bond motifs is 2. The van der Waals surface area contributed by atoms with Gasteiger partial charge in [0, 0.05) is 16.7 Å². The van der Waals surface area contributed by atoms with Crippen molar-refractivity contribution in [2.24, 2.45) is 0 Å². The Kier molecular flexibility index (Phi) is 7.85. The quantitative estimate of drug-likeness (QED) is 0.178. The molecule has 0 atom stereocenters. The van der Waals surface area contributed by atoms with Gasteiger partial charge in [0.2, 0.25) is 0 Å². The number of rotatable bonds is 6. The number of aromatic nitrogens is 3. The van der Waals surface area contributed by atoms with Gasteiger partial charge in [0.1, 0.15) is 0 Å². The Labute approximate surface area is 302 Å². The van der Waals surface area contributed by atoms with E-state index in [-0.39, 0.29) is 0 Å². The van der Waals surface area contributed by atoms with Crippen molar-refractivity contribution >= 4 is 21.5 Å². The van der Waals surface area contributed by atoms with Crippen LogP contribution < -0.4 is 0 Å². The van der Waals surface area contributed by atoms with Crippen molar-refractivity contribution in [1.82, 2.24) is 15.0 Å². The van der Waals surface area contributed by atoms with Gasteiger partial charge in [0.25, 0.3) is 0 Å². The molecule has 1 heterocycles. The van der Waals surface area contributed by atoms with E-state index < -0.39 is 0 Å². The van der Waals surface area contributed by atoms with Crippen LogP contribution in [-0.4, -0.2) is 15.0 Å². The summed E-state index contributed by atoms with van der Waals surface area (Å²) in [6.07, 6.45) is 0. The van der Waals surface area contributed by atoms with Crippen LogP contribution in [0.4, 0.5) is 0 Å². The number of nitriles is 1. The highest BCUT2D eigenvalue weighted by Gasteiger charge is 2.14. The minimum absolute atomic E-state index is 0.639. The molecule has 8 aromatic carbocycles. The van der Waals surface area contributed by atoms with Crippen molar-refractivity contribution in [2.45, 2.75) is 0 Å². The highest BCUT2D eigenvalue weighted by Crippen LogP contribution is 2.37. The zero-order valence-electron chi connectivity index (χ0n) is 28.1. The molecule has 0 saturated heterocycles. The van der Waals surface area contributed by atoms with Gasteiger partial charge in [-0.25, -0.2) is 15.0 Å². The second-order valence-corrected chi connectivity index (χ2v) is 12.8. The molecule has 1 aromatic heterocycles. The first-order valence-electron chi connectivity index (χ1n) is 17.2. The van der Waals surface area contributed by atoms with E-state index in [1.165, 1.54) is 27.5 Å². The summed E-state index contributed by atoms with van der Waals surface area (Å²) in [4.78, 5) is 14.7. The second kappa shape index (κ2) is 13.2. The van der Waals surface area contributed by atoms with Crippen LogP contribution in [0.15, 0.2) is 182 Å². The number of nitrogens with zero attached hydrogens (tertiary/aromatic N) is 4. The normalized spacial score (nSPS) is 11.1. The molecule has 9 rings (SSSR count). The first kappa shape index (κ1) is 30.8. The zero-order valence-corrected chi connectivity index (χ0v) is 28.1. The van der Waals surface area contributed by atoms with Gasteiger partial charge in [-0.3, -0.25) is 0 Å². The number of hydrogen-bond acceptors (Lipinski definition) is 4. The number of hydrogen-bond donors (Lipinski definition) is 0. The molecule has 0 unspecified atom stereocenters. The van der Waals surface area contributed by atoms with Crippen molar-refractivity contribution in [2.75, 3.05) is 0 Å². The Morgan fingerprint density at radius 2 is 0.731 bits per heavy atom. The van der Waals surface area contributed by atoms with Crippen LogP contribution in [0.3, 0.4) is 0 Å². The molecular formula is C48H30N4. The third-order valence-corrected chi connectivity index (χ3v) is 9.58.